The molecule has 1 unspecified atom stereocenters. The number of rotatable bonds is 13. The van der Waals surface area contributed by atoms with Gasteiger partial charge in [0.25, 0.3) is 11.8 Å². The van der Waals surface area contributed by atoms with E-state index >= 15 is 0 Å². The van der Waals surface area contributed by atoms with Gasteiger partial charge >= 0.3 is 0 Å². The van der Waals surface area contributed by atoms with Gasteiger partial charge in [-0.15, -0.1) is 0 Å². The van der Waals surface area contributed by atoms with Gasteiger partial charge in [0.05, 0.1) is 0 Å². The first-order valence-corrected chi connectivity index (χ1v) is 12.5. The number of ether oxygens (including phenoxy) is 2. The largest absolute Gasteiger partial charge is 0.484 e. The van der Waals surface area contributed by atoms with E-state index in [2.05, 4.69) is 52.2 Å². The molecule has 1 atom stereocenters. The third-order valence-electron chi connectivity index (χ3n) is 6.79. The molecule has 0 saturated carbocycles. The molecule has 0 aliphatic heterocycles. The third-order valence-corrected chi connectivity index (χ3v) is 6.79. The lowest BCUT2D eigenvalue weighted by Gasteiger charge is -2.23. The molecule has 2 aromatic carbocycles. The summed E-state index contributed by atoms with van der Waals surface area (Å²) in [4.78, 5) is 24.3. The van der Waals surface area contributed by atoms with E-state index < -0.39 is 0 Å². The molecule has 2 rings (SSSR count). The average Bonchev–Trinajstić information content (AvgIpc) is 2.85. The maximum atomic E-state index is 12.2. The van der Waals surface area contributed by atoms with Crippen LogP contribution in [0.4, 0.5) is 0 Å². The topological polar surface area (TPSA) is 76.7 Å². The molecule has 192 valence electrons. The van der Waals surface area contributed by atoms with Crippen LogP contribution in [0, 0.1) is 0 Å². The second-order valence-electron chi connectivity index (χ2n) is 10.4. The molecule has 0 aliphatic rings. The molecule has 0 aromatic heterocycles. The van der Waals surface area contributed by atoms with Gasteiger partial charge in [0, 0.05) is 12.6 Å². The van der Waals surface area contributed by atoms with Gasteiger partial charge in [0.2, 0.25) is 0 Å². The Bertz CT molecular complexity index is 950. The summed E-state index contributed by atoms with van der Waals surface area (Å²) in [5.74, 6) is 0.826. The van der Waals surface area contributed by atoms with Crippen LogP contribution in [-0.2, 0) is 20.4 Å². The Kier molecular flexibility index (Phi) is 10.2. The van der Waals surface area contributed by atoms with Gasteiger partial charge in [-0.2, -0.15) is 0 Å². The first-order chi connectivity index (χ1) is 16.5. The molecule has 35 heavy (non-hydrogen) atoms. The summed E-state index contributed by atoms with van der Waals surface area (Å²) < 4.78 is 11.2. The number of benzene rings is 2. The van der Waals surface area contributed by atoms with Crippen LogP contribution in [-0.4, -0.2) is 37.6 Å². The SMILES string of the molecule is CCC(C)(C)c1ccc(OCC(=O)NCC(C)NC(=O)COc2ccc(C(C)(C)CC)cc2)cc1. The highest BCUT2D eigenvalue weighted by molar-refractivity contribution is 5.79. The van der Waals surface area contributed by atoms with Crippen LogP contribution < -0.4 is 20.1 Å². The van der Waals surface area contributed by atoms with Gasteiger partial charge in [0.1, 0.15) is 11.5 Å². The lowest BCUT2D eigenvalue weighted by atomic mass is 9.82. The second kappa shape index (κ2) is 12.6. The van der Waals surface area contributed by atoms with E-state index in [0.29, 0.717) is 18.0 Å². The number of amides is 2. The molecule has 6 nitrogen and oxygen atoms in total. The van der Waals surface area contributed by atoms with Gasteiger partial charge in [0.15, 0.2) is 13.2 Å². The minimum atomic E-state index is -0.240. The second-order valence-corrected chi connectivity index (χ2v) is 10.4. The first-order valence-electron chi connectivity index (χ1n) is 12.5. The molecule has 6 heteroatoms. The van der Waals surface area contributed by atoms with Crippen molar-refractivity contribution in [1.82, 2.24) is 10.6 Å². The molecule has 0 radical (unpaired) electrons. The fourth-order valence-electron chi connectivity index (χ4n) is 3.40. The maximum Gasteiger partial charge on any atom is 0.258 e. The zero-order valence-corrected chi connectivity index (χ0v) is 22.4. The fourth-order valence-corrected chi connectivity index (χ4v) is 3.40. The van der Waals surface area contributed by atoms with E-state index in [9.17, 15) is 9.59 Å². The van der Waals surface area contributed by atoms with E-state index in [-0.39, 0.29) is 41.9 Å². The monoisotopic (exact) mass is 482 g/mol. The Labute approximate surface area is 210 Å². The van der Waals surface area contributed by atoms with Gasteiger partial charge < -0.3 is 20.1 Å². The van der Waals surface area contributed by atoms with Crippen molar-refractivity contribution in [3.05, 3.63) is 59.7 Å². The van der Waals surface area contributed by atoms with Crippen LogP contribution in [0.15, 0.2) is 48.5 Å². The molecule has 0 spiro atoms. The summed E-state index contributed by atoms with van der Waals surface area (Å²) in [6.07, 6.45) is 2.09. The lowest BCUT2D eigenvalue weighted by Crippen LogP contribution is -2.44. The lowest BCUT2D eigenvalue weighted by molar-refractivity contribution is -0.125. The summed E-state index contributed by atoms with van der Waals surface area (Å²) in [5, 5.41) is 5.61. The van der Waals surface area contributed by atoms with Crippen LogP contribution >= 0.6 is 0 Å². The van der Waals surface area contributed by atoms with Crippen LogP contribution in [0.3, 0.4) is 0 Å². The van der Waals surface area contributed by atoms with Crippen LogP contribution in [0.1, 0.15) is 72.4 Å². The quantitative estimate of drug-likeness (QED) is 0.414. The van der Waals surface area contributed by atoms with Crippen LogP contribution in [0.5, 0.6) is 11.5 Å². The summed E-state index contributed by atoms with van der Waals surface area (Å²) in [6.45, 7) is 15.1. The molecule has 0 bridgehead atoms. The molecular formula is C29H42N2O4. The Hall–Kier alpha value is -3.02. The smallest absolute Gasteiger partial charge is 0.258 e. The van der Waals surface area contributed by atoms with Gasteiger partial charge in [-0.1, -0.05) is 65.8 Å². The zero-order chi connectivity index (χ0) is 26.1. The summed E-state index contributed by atoms with van der Waals surface area (Å²) in [5.41, 5.74) is 2.69. The Morgan fingerprint density at radius 3 is 1.54 bits per heavy atom. The predicted molar refractivity (Wildman–Crippen MR) is 141 cm³/mol. The molecule has 2 aromatic rings. The Morgan fingerprint density at radius 1 is 0.743 bits per heavy atom. The first kappa shape index (κ1) is 28.2. The van der Waals surface area contributed by atoms with E-state index in [1.54, 1.807) is 0 Å². The number of nitrogens with one attached hydrogen (secondary N) is 2. The van der Waals surface area contributed by atoms with Crippen molar-refractivity contribution >= 4 is 11.8 Å². The molecule has 0 aliphatic carbocycles. The minimum absolute atomic E-state index is 0.0782. The molecule has 0 heterocycles. The molecule has 0 saturated heterocycles. The minimum Gasteiger partial charge on any atom is -0.484 e. The van der Waals surface area contributed by atoms with Crippen LogP contribution in [0.2, 0.25) is 0 Å². The number of carbonyl (C=O) groups excluding carboxylic acids is 2. The zero-order valence-electron chi connectivity index (χ0n) is 22.4. The Morgan fingerprint density at radius 2 is 1.14 bits per heavy atom. The van der Waals surface area contributed by atoms with E-state index in [1.807, 2.05) is 55.5 Å². The van der Waals surface area contributed by atoms with Gasteiger partial charge in [-0.05, 0) is 66.0 Å². The highest BCUT2D eigenvalue weighted by Gasteiger charge is 2.19. The van der Waals surface area contributed by atoms with Crippen LogP contribution in [0.25, 0.3) is 0 Å². The molecule has 0 fully saturated rings. The van der Waals surface area contributed by atoms with Gasteiger partial charge in [-0.25, -0.2) is 0 Å². The summed E-state index contributed by atoms with van der Waals surface area (Å²) in [6, 6.07) is 15.5. The van der Waals surface area contributed by atoms with Crippen molar-refractivity contribution < 1.29 is 19.1 Å². The summed E-state index contributed by atoms with van der Waals surface area (Å²) >= 11 is 0. The standard InChI is InChI=1S/C29H42N2O4/c1-8-28(4,5)22-10-14-24(15-11-22)34-19-26(32)30-18-21(3)31-27(33)20-35-25-16-12-23(13-17-25)29(6,7)9-2/h10-17,21H,8-9,18-20H2,1-7H3,(H,30,32)(H,31,33). The predicted octanol–water partition coefficient (Wildman–Crippen LogP) is 5.14. The normalized spacial score (nSPS) is 12.5. The summed E-state index contributed by atoms with van der Waals surface area (Å²) in [7, 11) is 0. The number of carbonyl (C=O) groups is 2. The molecule has 2 amide bonds. The van der Waals surface area contributed by atoms with Crippen molar-refractivity contribution in [1.29, 1.82) is 0 Å². The van der Waals surface area contributed by atoms with Crippen molar-refractivity contribution in [3.8, 4) is 11.5 Å². The highest BCUT2D eigenvalue weighted by atomic mass is 16.5. The molecular weight excluding hydrogens is 440 g/mol. The van der Waals surface area contributed by atoms with Crippen molar-refractivity contribution in [2.24, 2.45) is 0 Å². The van der Waals surface area contributed by atoms with E-state index in [0.717, 1.165) is 12.8 Å². The molecule has 2 N–H and O–H groups in total. The van der Waals surface area contributed by atoms with Crippen molar-refractivity contribution in [2.45, 2.75) is 78.2 Å². The van der Waals surface area contributed by atoms with Crippen molar-refractivity contribution in [3.63, 3.8) is 0 Å². The fraction of sp³-hybridized carbons (Fsp3) is 0.517. The van der Waals surface area contributed by atoms with E-state index in [4.69, 9.17) is 9.47 Å². The Balaban J connectivity index is 1.68. The third kappa shape index (κ3) is 8.93. The number of hydrogen-bond donors (Lipinski definition) is 2. The van der Waals surface area contributed by atoms with Crippen molar-refractivity contribution in [2.75, 3.05) is 19.8 Å². The average molecular weight is 483 g/mol. The maximum absolute atomic E-state index is 12.2. The number of hydrogen-bond acceptors (Lipinski definition) is 4. The van der Waals surface area contributed by atoms with E-state index in [1.165, 1.54) is 11.1 Å². The van der Waals surface area contributed by atoms with Gasteiger partial charge in [-0.3, -0.25) is 9.59 Å². The highest BCUT2D eigenvalue weighted by Crippen LogP contribution is 2.29.